The number of carbonyl (C=O) groups is 1. The molecule has 2 aromatic heterocycles. The summed E-state index contributed by atoms with van der Waals surface area (Å²) in [4.78, 5) is 20.8. The van der Waals surface area contributed by atoms with Crippen LogP contribution in [0.2, 0.25) is 0 Å². The lowest BCUT2D eigenvalue weighted by Gasteiger charge is -2.25. The number of benzene rings is 1. The average Bonchev–Trinajstić information content (AvgIpc) is 3.19. The number of carbonyl (C=O) groups excluding carboxylic acids is 1. The van der Waals surface area contributed by atoms with E-state index in [0.717, 1.165) is 19.3 Å². The van der Waals surface area contributed by atoms with Gasteiger partial charge in [-0.25, -0.2) is 13.4 Å². The quantitative estimate of drug-likeness (QED) is 0.630. The van der Waals surface area contributed by atoms with Crippen LogP contribution in [0.5, 0.6) is 11.6 Å². The molecular formula is C21H23N5O4S. The molecule has 162 valence electrons. The van der Waals surface area contributed by atoms with Gasteiger partial charge in [-0.05, 0) is 43.2 Å². The van der Waals surface area contributed by atoms with Crippen molar-refractivity contribution in [3.8, 4) is 11.6 Å². The molecule has 1 saturated heterocycles. The Balaban J connectivity index is 1.45. The summed E-state index contributed by atoms with van der Waals surface area (Å²) in [5.74, 6) is 0.517. The van der Waals surface area contributed by atoms with Gasteiger partial charge < -0.3 is 14.6 Å². The molecule has 0 aliphatic carbocycles. The van der Waals surface area contributed by atoms with E-state index in [1.807, 2.05) is 0 Å². The van der Waals surface area contributed by atoms with Crippen LogP contribution in [-0.2, 0) is 17.1 Å². The first-order valence-corrected chi connectivity index (χ1v) is 11.4. The van der Waals surface area contributed by atoms with Gasteiger partial charge >= 0.3 is 0 Å². The molecule has 0 unspecified atom stereocenters. The van der Waals surface area contributed by atoms with Crippen LogP contribution in [-0.4, -0.2) is 46.3 Å². The highest BCUT2D eigenvalue weighted by atomic mass is 32.2. The Morgan fingerprint density at radius 2 is 1.84 bits per heavy atom. The molecule has 1 aromatic carbocycles. The highest BCUT2D eigenvalue weighted by molar-refractivity contribution is 7.89. The van der Waals surface area contributed by atoms with Gasteiger partial charge in [0.05, 0.1) is 6.20 Å². The lowest BCUT2D eigenvalue weighted by Crippen LogP contribution is -2.35. The first kappa shape index (κ1) is 21.0. The van der Waals surface area contributed by atoms with Crippen molar-refractivity contribution in [2.75, 3.05) is 18.4 Å². The molecule has 1 fully saturated rings. The van der Waals surface area contributed by atoms with Crippen LogP contribution in [0.1, 0.15) is 29.8 Å². The molecule has 1 amide bonds. The van der Waals surface area contributed by atoms with E-state index in [0.29, 0.717) is 30.4 Å². The van der Waals surface area contributed by atoms with Gasteiger partial charge in [-0.1, -0.05) is 6.42 Å². The van der Waals surface area contributed by atoms with Crippen LogP contribution in [0.4, 0.5) is 5.69 Å². The number of hydrogen-bond acceptors (Lipinski definition) is 6. The number of aryl methyl sites for hydroxylation is 1. The first-order chi connectivity index (χ1) is 14.9. The van der Waals surface area contributed by atoms with Gasteiger partial charge in [-0.2, -0.15) is 4.31 Å². The predicted molar refractivity (Wildman–Crippen MR) is 115 cm³/mol. The third-order valence-electron chi connectivity index (χ3n) is 5.04. The maximum atomic E-state index is 12.9. The number of hydrogen-bond donors (Lipinski definition) is 1. The van der Waals surface area contributed by atoms with Crippen molar-refractivity contribution in [2.45, 2.75) is 24.2 Å². The second-order valence-electron chi connectivity index (χ2n) is 7.26. The monoisotopic (exact) mass is 441 g/mol. The van der Waals surface area contributed by atoms with E-state index in [2.05, 4.69) is 15.3 Å². The molecule has 1 N–H and O–H groups in total. The lowest BCUT2D eigenvalue weighted by atomic mass is 10.2. The van der Waals surface area contributed by atoms with Crippen LogP contribution in [0.15, 0.2) is 60.0 Å². The van der Waals surface area contributed by atoms with E-state index in [-0.39, 0.29) is 10.6 Å². The zero-order valence-corrected chi connectivity index (χ0v) is 17.9. The van der Waals surface area contributed by atoms with Crippen molar-refractivity contribution in [3.63, 3.8) is 0 Å². The van der Waals surface area contributed by atoms with Gasteiger partial charge in [-0.15, -0.1) is 0 Å². The van der Waals surface area contributed by atoms with Crippen LogP contribution < -0.4 is 10.1 Å². The van der Waals surface area contributed by atoms with E-state index in [1.165, 1.54) is 33.5 Å². The van der Waals surface area contributed by atoms with Crippen LogP contribution in [0.3, 0.4) is 0 Å². The van der Waals surface area contributed by atoms with Crippen LogP contribution >= 0.6 is 0 Å². The molecule has 10 heteroatoms. The van der Waals surface area contributed by atoms with Crippen LogP contribution in [0.25, 0.3) is 0 Å². The van der Waals surface area contributed by atoms with Crippen molar-refractivity contribution in [2.24, 2.45) is 7.05 Å². The minimum atomic E-state index is -3.60. The average molecular weight is 442 g/mol. The van der Waals surface area contributed by atoms with Crippen molar-refractivity contribution >= 4 is 21.6 Å². The molecule has 0 radical (unpaired) electrons. The van der Waals surface area contributed by atoms with E-state index in [1.54, 1.807) is 37.5 Å². The summed E-state index contributed by atoms with van der Waals surface area (Å²) in [7, 11) is -1.95. The topological polar surface area (TPSA) is 106 Å². The molecule has 1 aliphatic heterocycles. The van der Waals surface area contributed by atoms with Crippen molar-refractivity contribution < 1.29 is 17.9 Å². The molecule has 0 spiro atoms. The third-order valence-corrected chi connectivity index (χ3v) is 6.90. The van der Waals surface area contributed by atoms with Gasteiger partial charge in [0.25, 0.3) is 5.91 Å². The number of piperidine rings is 1. The number of amides is 1. The summed E-state index contributed by atoms with van der Waals surface area (Å²) in [6, 6.07) is 8.20. The molecule has 3 aromatic rings. The second kappa shape index (κ2) is 8.86. The number of sulfonamides is 1. The number of aromatic nitrogens is 3. The summed E-state index contributed by atoms with van der Waals surface area (Å²) in [6.45, 7) is 1.03. The standard InChI is InChI=1S/C21H23N5O4S/c1-25-15-18(31(28,29)26-11-3-2-4-12-26)13-19(25)21(27)24-16-5-7-17(8-6-16)30-20-14-22-9-10-23-20/h5-10,13-15H,2-4,11-12H2,1H3,(H,24,27). The molecule has 0 bridgehead atoms. The van der Waals surface area contributed by atoms with Crippen molar-refractivity contribution in [3.05, 3.63) is 60.8 Å². The van der Waals surface area contributed by atoms with Gasteiger partial charge in [0.1, 0.15) is 16.3 Å². The number of ether oxygens (including phenoxy) is 1. The summed E-state index contributed by atoms with van der Waals surface area (Å²) in [5, 5.41) is 2.78. The highest BCUT2D eigenvalue weighted by Crippen LogP contribution is 2.24. The Labute approximate surface area is 180 Å². The second-order valence-corrected chi connectivity index (χ2v) is 9.20. The lowest BCUT2D eigenvalue weighted by molar-refractivity contribution is 0.101. The first-order valence-electron chi connectivity index (χ1n) is 9.95. The predicted octanol–water partition coefficient (Wildman–Crippen LogP) is 3.03. The molecule has 0 atom stereocenters. The van der Waals surface area contributed by atoms with Gasteiger partial charge in [0, 0.05) is 44.4 Å². The SMILES string of the molecule is Cn1cc(S(=O)(=O)N2CCCCC2)cc1C(=O)Nc1ccc(Oc2cnccn2)cc1. The van der Waals surface area contributed by atoms with Crippen LogP contribution in [0, 0.1) is 0 Å². The maximum Gasteiger partial charge on any atom is 0.272 e. The van der Waals surface area contributed by atoms with Gasteiger partial charge in [0.2, 0.25) is 15.9 Å². The van der Waals surface area contributed by atoms with Crippen molar-refractivity contribution in [1.29, 1.82) is 0 Å². The molecule has 4 rings (SSSR count). The maximum absolute atomic E-state index is 12.9. The minimum Gasteiger partial charge on any atom is -0.438 e. The Kier molecular flexibility index (Phi) is 6.01. The fourth-order valence-corrected chi connectivity index (χ4v) is 5.00. The molecular weight excluding hydrogens is 418 g/mol. The summed E-state index contributed by atoms with van der Waals surface area (Å²) < 4.78 is 34.4. The van der Waals surface area contributed by atoms with E-state index < -0.39 is 15.9 Å². The van der Waals surface area contributed by atoms with E-state index in [4.69, 9.17) is 4.74 Å². The molecule has 9 nitrogen and oxygen atoms in total. The summed E-state index contributed by atoms with van der Waals surface area (Å²) >= 11 is 0. The smallest absolute Gasteiger partial charge is 0.272 e. The fraction of sp³-hybridized carbons (Fsp3) is 0.286. The largest absolute Gasteiger partial charge is 0.438 e. The molecule has 0 saturated carbocycles. The zero-order valence-electron chi connectivity index (χ0n) is 17.1. The zero-order chi connectivity index (χ0) is 21.8. The van der Waals surface area contributed by atoms with Gasteiger partial charge in [0.15, 0.2) is 0 Å². The molecule has 1 aliphatic rings. The number of anilines is 1. The fourth-order valence-electron chi connectivity index (χ4n) is 3.42. The normalized spacial score (nSPS) is 14.9. The number of nitrogens with zero attached hydrogens (tertiary/aromatic N) is 4. The highest BCUT2D eigenvalue weighted by Gasteiger charge is 2.28. The Morgan fingerprint density at radius 3 is 2.52 bits per heavy atom. The Bertz CT molecular complexity index is 1150. The third kappa shape index (κ3) is 4.75. The van der Waals surface area contributed by atoms with E-state index >= 15 is 0 Å². The van der Waals surface area contributed by atoms with Gasteiger partial charge in [-0.3, -0.25) is 9.78 Å². The number of nitrogens with one attached hydrogen (secondary N) is 1. The minimum absolute atomic E-state index is 0.134. The summed E-state index contributed by atoms with van der Waals surface area (Å²) in [5.41, 5.74) is 0.814. The molecule has 31 heavy (non-hydrogen) atoms. The van der Waals surface area contributed by atoms with Crippen molar-refractivity contribution in [1.82, 2.24) is 18.8 Å². The molecule has 3 heterocycles. The Morgan fingerprint density at radius 1 is 1.10 bits per heavy atom. The number of rotatable bonds is 6. The summed E-state index contributed by atoms with van der Waals surface area (Å²) in [6.07, 6.45) is 8.82. The Hall–Kier alpha value is -3.24. The van der Waals surface area contributed by atoms with E-state index in [9.17, 15) is 13.2 Å².